The number of nitrogens with one attached hydrogen (secondary N) is 2. The van der Waals surface area contributed by atoms with Crippen molar-refractivity contribution >= 4 is 46.1 Å². The van der Waals surface area contributed by atoms with Crippen molar-refractivity contribution in [3.63, 3.8) is 0 Å². The lowest BCUT2D eigenvalue weighted by Crippen LogP contribution is -2.18. The van der Waals surface area contributed by atoms with E-state index in [9.17, 15) is 4.79 Å². The van der Waals surface area contributed by atoms with Gasteiger partial charge in [0.05, 0.1) is 29.6 Å². The second-order valence-corrected chi connectivity index (χ2v) is 7.24. The monoisotopic (exact) mass is 438 g/mol. The van der Waals surface area contributed by atoms with Gasteiger partial charge in [0, 0.05) is 10.6 Å². The van der Waals surface area contributed by atoms with Crippen LogP contribution in [-0.2, 0) is 0 Å². The van der Waals surface area contributed by atoms with Gasteiger partial charge in [-0.2, -0.15) is 10.2 Å². The number of amides is 1. The quantitative estimate of drug-likeness (QED) is 0.327. The Bertz CT molecular complexity index is 1270. The highest BCUT2D eigenvalue weighted by molar-refractivity contribution is 6.36. The largest absolute Gasteiger partial charge is 0.496 e. The van der Waals surface area contributed by atoms with Crippen molar-refractivity contribution in [2.24, 2.45) is 5.10 Å². The van der Waals surface area contributed by atoms with Gasteiger partial charge in [-0.3, -0.25) is 9.89 Å². The molecule has 8 heteroatoms. The SMILES string of the molecule is COc1ccc2ccccc2c1-c1cc(C(=O)N/N=C\c2ccc(Cl)cc2Cl)[nH]n1. The number of H-pyrrole nitrogens is 1. The van der Waals surface area contributed by atoms with Gasteiger partial charge in [-0.15, -0.1) is 0 Å². The number of hydrogen-bond acceptors (Lipinski definition) is 4. The number of carbonyl (C=O) groups is 1. The van der Waals surface area contributed by atoms with E-state index in [2.05, 4.69) is 20.7 Å². The first-order valence-corrected chi connectivity index (χ1v) is 9.72. The minimum atomic E-state index is -0.436. The summed E-state index contributed by atoms with van der Waals surface area (Å²) in [5, 5.41) is 14.0. The number of methoxy groups -OCH3 is 1. The molecule has 0 unspecified atom stereocenters. The number of rotatable bonds is 5. The molecule has 0 saturated heterocycles. The average Bonchev–Trinajstić information content (AvgIpc) is 3.24. The number of nitrogens with zero attached hydrogens (tertiary/aromatic N) is 2. The number of aromatic amines is 1. The molecule has 30 heavy (non-hydrogen) atoms. The van der Waals surface area contributed by atoms with Gasteiger partial charge in [-0.1, -0.05) is 59.6 Å². The van der Waals surface area contributed by atoms with Crippen molar-refractivity contribution in [2.45, 2.75) is 0 Å². The molecule has 3 aromatic carbocycles. The number of fused-ring (bicyclic) bond motifs is 1. The van der Waals surface area contributed by atoms with Crippen LogP contribution >= 0.6 is 23.2 Å². The lowest BCUT2D eigenvalue weighted by atomic mass is 10.0. The van der Waals surface area contributed by atoms with E-state index in [0.29, 0.717) is 27.1 Å². The fourth-order valence-electron chi connectivity index (χ4n) is 3.08. The highest BCUT2D eigenvalue weighted by atomic mass is 35.5. The van der Waals surface area contributed by atoms with Gasteiger partial charge < -0.3 is 4.74 Å². The topological polar surface area (TPSA) is 79.4 Å². The molecule has 0 aliphatic heterocycles. The predicted octanol–water partition coefficient (Wildman–Crippen LogP) is 5.31. The zero-order valence-corrected chi connectivity index (χ0v) is 17.3. The fraction of sp³-hybridized carbons (Fsp3) is 0.0455. The van der Waals surface area contributed by atoms with E-state index in [4.69, 9.17) is 27.9 Å². The van der Waals surface area contributed by atoms with Crippen LogP contribution in [0.2, 0.25) is 10.0 Å². The first-order chi connectivity index (χ1) is 14.6. The number of carbonyl (C=O) groups excluding carboxylic acids is 1. The lowest BCUT2D eigenvalue weighted by Gasteiger charge is -2.09. The molecule has 0 fully saturated rings. The minimum absolute atomic E-state index is 0.263. The average molecular weight is 439 g/mol. The summed E-state index contributed by atoms with van der Waals surface area (Å²) in [6.07, 6.45) is 1.45. The van der Waals surface area contributed by atoms with Crippen molar-refractivity contribution in [2.75, 3.05) is 7.11 Å². The first kappa shape index (κ1) is 19.9. The zero-order chi connectivity index (χ0) is 21.1. The molecule has 4 rings (SSSR count). The second kappa shape index (κ2) is 8.57. The maximum atomic E-state index is 12.5. The van der Waals surface area contributed by atoms with Crippen molar-refractivity contribution < 1.29 is 9.53 Å². The molecule has 0 spiro atoms. The summed E-state index contributed by atoms with van der Waals surface area (Å²) in [5.74, 6) is 0.233. The van der Waals surface area contributed by atoms with E-state index in [-0.39, 0.29) is 5.69 Å². The van der Waals surface area contributed by atoms with Crippen LogP contribution in [0.15, 0.2) is 65.8 Å². The molecule has 150 valence electrons. The third-order valence-electron chi connectivity index (χ3n) is 4.52. The van der Waals surface area contributed by atoms with E-state index in [0.717, 1.165) is 16.3 Å². The second-order valence-electron chi connectivity index (χ2n) is 6.40. The third kappa shape index (κ3) is 4.01. The predicted molar refractivity (Wildman–Crippen MR) is 120 cm³/mol. The van der Waals surface area contributed by atoms with Crippen LogP contribution in [0.25, 0.3) is 22.0 Å². The molecule has 1 aromatic heterocycles. The smallest absolute Gasteiger partial charge is 0.289 e. The molecule has 0 aliphatic carbocycles. The van der Waals surface area contributed by atoms with Gasteiger partial charge in [0.2, 0.25) is 0 Å². The van der Waals surface area contributed by atoms with Crippen LogP contribution in [0, 0.1) is 0 Å². The van der Waals surface area contributed by atoms with Crippen molar-refractivity contribution in [1.29, 1.82) is 0 Å². The Labute approximate surface area is 182 Å². The van der Waals surface area contributed by atoms with Gasteiger partial charge >= 0.3 is 0 Å². The normalized spacial score (nSPS) is 11.2. The number of halogens is 2. The molecular formula is C22H16Cl2N4O2. The summed E-state index contributed by atoms with van der Waals surface area (Å²) in [6.45, 7) is 0. The highest BCUT2D eigenvalue weighted by Gasteiger charge is 2.16. The molecule has 0 bridgehead atoms. The van der Waals surface area contributed by atoms with Gasteiger partial charge in [0.25, 0.3) is 5.91 Å². The number of benzene rings is 3. The van der Waals surface area contributed by atoms with E-state index in [1.165, 1.54) is 6.21 Å². The number of hydrogen-bond donors (Lipinski definition) is 2. The molecule has 1 heterocycles. The van der Waals surface area contributed by atoms with Crippen molar-refractivity contribution in [3.8, 4) is 17.0 Å². The van der Waals surface area contributed by atoms with Gasteiger partial charge in [0.1, 0.15) is 11.4 Å². The maximum Gasteiger partial charge on any atom is 0.289 e. The Balaban J connectivity index is 1.58. The molecule has 0 atom stereocenters. The van der Waals surface area contributed by atoms with E-state index in [1.807, 2.05) is 36.4 Å². The Hall–Kier alpha value is -3.35. The van der Waals surface area contributed by atoms with Crippen LogP contribution in [0.3, 0.4) is 0 Å². The number of aromatic nitrogens is 2. The van der Waals surface area contributed by atoms with Crippen LogP contribution in [0.4, 0.5) is 0 Å². The molecule has 4 aromatic rings. The van der Waals surface area contributed by atoms with Gasteiger partial charge in [-0.25, -0.2) is 5.43 Å². The molecular weight excluding hydrogens is 423 g/mol. The zero-order valence-electron chi connectivity index (χ0n) is 15.8. The molecule has 0 saturated carbocycles. The van der Waals surface area contributed by atoms with E-state index >= 15 is 0 Å². The standard InChI is InChI=1S/C22H16Cl2N4O2/c1-30-20-9-7-13-4-2-3-5-16(13)21(20)18-11-19(27-26-18)22(29)28-25-12-14-6-8-15(23)10-17(14)24/h2-12H,1H3,(H,26,27)(H,28,29)/b25-12-. The maximum absolute atomic E-state index is 12.5. The Kier molecular flexibility index (Phi) is 5.70. The fourth-order valence-corrected chi connectivity index (χ4v) is 3.54. The summed E-state index contributed by atoms with van der Waals surface area (Å²) in [6, 6.07) is 18.4. The Morgan fingerprint density at radius 3 is 2.77 bits per heavy atom. The van der Waals surface area contributed by atoms with Gasteiger partial charge in [-0.05, 0) is 35.0 Å². The van der Waals surface area contributed by atoms with Crippen molar-refractivity contribution in [3.05, 3.63) is 82.0 Å². The summed E-state index contributed by atoms with van der Waals surface area (Å²) >= 11 is 12.0. The Morgan fingerprint density at radius 2 is 1.97 bits per heavy atom. The van der Waals surface area contributed by atoms with Crippen LogP contribution in [0.1, 0.15) is 16.1 Å². The molecule has 0 radical (unpaired) electrons. The summed E-state index contributed by atoms with van der Waals surface area (Å²) in [4.78, 5) is 12.5. The number of hydrazone groups is 1. The number of ether oxygens (including phenoxy) is 1. The third-order valence-corrected chi connectivity index (χ3v) is 5.08. The van der Waals surface area contributed by atoms with Crippen LogP contribution in [-0.4, -0.2) is 29.4 Å². The van der Waals surface area contributed by atoms with Gasteiger partial charge in [0.15, 0.2) is 0 Å². The van der Waals surface area contributed by atoms with Crippen LogP contribution < -0.4 is 10.2 Å². The summed E-state index contributed by atoms with van der Waals surface area (Å²) in [7, 11) is 1.60. The molecule has 1 amide bonds. The Morgan fingerprint density at radius 1 is 1.13 bits per heavy atom. The van der Waals surface area contributed by atoms with Crippen molar-refractivity contribution in [1.82, 2.24) is 15.6 Å². The van der Waals surface area contributed by atoms with E-state index < -0.39 is 5.91 Å². The lowest BCUT2D eigenvalue weighted by molar-refractivity contribution is 0.0950. The summed E-state index contributed by atoms with van der Waals surface area (Å²) in [5.41, 5.74) is 4.75. The van der Waals surface area contributed by atoms with E-state index in [1.54, 1.807) is 31.4 Å². The first-order valence-electron chi connectivity index (χ1n) is 8.97. The molecule has 2 N–H and O–H groups in total. The highest BCUT2D eigenvalue weighted by Crippen LogP contribution is 2.36. The van der Waals surface area contributed by atoms with Crippen LogP contribution in [0.5, 0.6) is 5.75 Å². The molecule has 0 aliphatic rings. The minimum Gasteiger partial charge on any atom is -0.496 e. The molecule has 6 nitrogen and oxygen atoms in total. The summed E-state index contributed by atoms with van der Waals surface area (Å²) < 4.78 is 5.51.